The molecule has 7 heteroatoms. The third kappa shape index (κ3) is 4.28. The molecule has 0 atom stereocenters. The first-order valence-electron chi connectivity index (χ1n) is 8.44. The van der Waals surface area contributed by atoms with Crippen LogP contribution in [0, 0.1) is 0 Å². The Kier molecular flexibility index (Phi) is 5.76. The Balaban J connectivity index is 1.64. The van der Waals surface area contributed by atoms with Gasteiger partial charge in [0, 0.05) is 24.2 Å². The maximum atomic E-state index is 12.3. The second-order valence-electron chi connectivity index (χ2n) is 6.05. The molecule has 1 aliphatic heterocycles. The van der Waals surface area contributed by atoms with Crippen LogP contribution in [-0.2, 0) is 9.53 Å². The maximum absolute atomic E-state index is 12.3. The lowest BCUT2D eigenvalue weighted by atomic mass is 10.1. The first-order chi connectivity index (χ1) is 13.0. The topological polar surface area (TPSA) is 72.9 Å². The van der Waals surface area contributed by atoms with Crippen LogP contribution >= 0.6 is 11.6 Å². The third-order valence-corrected chi connectivity index (χ3v) is 4.57. The number of ketones is 1. The molecule has 0 saturated carbocycles. The van der Waals surface area contributed by atoms with Crippen LogP contribution in [0.15, 0.2) is 42.5 Å². The molecule has 0 unspecified atom stereocenters. The number of ether oxygens (including phenoxy) is 2. The molecule has 2 aromatic carbocycles. The molecular weight excluding hydrogens is 370 g/mol. The van der Waals surface area contributed by atoms with Crippen LogP contribution in [0.4, 0.5) is 5.69 Å². The number of halogens is 1. The summed E-state index contributed by atoms with van der Waals surface area (Å²) in [5.74, 6) is -0.513. The third-order valence-electron chi connectivity index (χ3n) is 4.28. The summed E-state index contributed by atoms with van der Waals surface area (Å²) in [7, 11) is 1.48. The van der Waals surface area contributed by atoms with Crippen molar-refractivity contribution in [3.63, 3.8) is 0 Å². The van der Waals surface area contributed by atoms with Gasteiger partial charge in [-0.3, -0.25) is 9.59 Å². The lowest BCUT2D eigenvalue weighted by Gasteiger charge is -2.16. The number of methoxy groups -OCH3 is 1. The van der Waals surface area contributed by atoms with Crippen LogP contribution in [0.3, 0.4) is 0 Å². The fourth-order valence-electron chi connectivity index (χ4n) is 2.86. The van der Waals surface area contributed by atoms with E-state index in [0.29, 0.717) is 35.0 Å². The normalized spacial score (nSPS) is 13.6. The summed E-state index contributed by atoms with van der Waals surface area (Å²) in [6.45, 7) is 0.225. The average Bonchev–Trinajstić information content (AvgIpc) is 3.11. The number of rotatable bonds is 6. The molecule has 0 spiro atoms. The molecule has 3 rings (SSSR count). The van der Waals surface area contributed by atoms with Crippen molar-refractivity contribution in [1.82, 2.24) is 0 Å². The van der Waals surface area contributed by atoms with Crippen molar-refractivity contribution in [2.75, 3.05) is 25.2 Å². The second kappa shape index (κ2) is 8.22. The number of hydrogen-bond donors (Lipinski definition) is 0. The van der Waals surface area contributed by atoms with E-state index in [1.165, 1.54) is 13.2 Å². The number of carbonyl (C=O) groups excluding carboxylic acids is 3. The fourth-order valence-corrected chi connectivity index (χ4v) is 3.12. The first kappa shape index (κ1) is 18.9. The number of carbonyl (C=O) groups is 3. The molecule has 1 amide bonds. The van der Waals surface area contributed by atoms with Crippen molar-refractivity contribution in [1.29, 1.82) is 0 Å². The van der Waals surface area contributed by atoms with Gasteiger partial charge in [0.15, 0.2) is 12.4 Å². The zero-order valence-corrected chi connectivity index (χ0v) is 15.5. The lowest BCUT2D eigenvalue weighted by molar-refractivity contribution is -0.117. The van der Waals surface area contributed by atoms with Gasteiger partial charge in [-0.05, 0) is 42.8 Å². The lowest BCUT2D eigenvalue weighted by Crippen LogP contribution is -2.24. The smallest absolute Gasteiger partial charge is 0.338 e. The minimum absolute atomic E-state index is 0.0343. The Labute approximate surface area is 161 Å². The van der Waals surface area contributed by atoms with E-state index in [1.807, 2.05) is 0 Å². The van der Waals surface area contributed by atoms with Gasteiger partial charge in [0.1, 0.15) is 5.75 Å². The van der Waals surface area contributed by atoms with Crippen LogP contribution in [0.5, 0.6) is 5.75 Å². The van der Waals surface area contributed by atoms with Gasteiger partial charge in [0.25, 0.3) is 0 Å². The van der Waals surface area contributed by atoms with E-state index in [2.05, 4.69) is 0 Å². The standard InChI is InChI=1S/C20H18ClNO5/c1-26-18-8-7-13(11-16(18)21)17(23)12-27-20(25)14-4-2-5-15(10-14)22-9-3-6-19(22)24/h2,4-5,7-8,10-11H,3,6,9,12H2,1H3. The summed E-state index contributed by atoms with van der Waals surface area (Å²) in [4.78, 5) is 38.0. The fraction of sp³-hybridized carbons (Fsp3) is 0.250. The molecule has 2 aromatic rings. The summed E-state index contributed by atoms with van der Waals surface area (Å²) in [5, 5.41) is 0.303. The summed E-state index contributed by atoms with van der Waals surface area (Å²) in [6.07, 6.45) is 1.31. The van der Waals surface area contributed by atoms with Crippen LogP contribution in [0.2, 0.25) is 5.02 Å². The van der Waals surface area contributed by atoms with Gasteiger partial charge in [0.05, 0.1) is 17.7 Å². The van der Waals surface area contributed by atoms with Crippen LogP contribution in [0.25, 0.3) is 0 Å². The molecule has 6 nitrogen and oxygen atoms in total. The zero-order valence-electron chi connectivity index (χ0n) is 14.7. The van der Waals surface area contributed by atoms with E-state index in [1.54, 1.807) is 41.3 Å². The molecule has 1 saturated heterocycles. The van der Waals surface area contributed by atoms with Crippen LogP contribution in [-0.4, -0.2) is 37.9 Å². The molecule has 0 aliphatic carbocycles. The van der Waals surface area contributed by atoms with Crippen molar-refractivity contribution in [2.24, 2.45) is 0 Å². The van der Waals surface area contributed by atoms with Gasteiger partial charge in [-0.2, -0.15) is 0 Å². The minimum Gasteiger partial charge on any atom is -0.495 e. The monoisotopic (exact) mass is 387 g/mol. The van der Waals surface area contributed by atoms with E-state index in [-0.39, 0.29) is 17.3 Å². The first-order valence-corrected chi connectivity index (χ1v) is 8.81. The predicted molar refractivity (Wildman–Crippen MR) is 101 cm³/mol. The molecular formula is C20H18ClNO5. The second-order valence-corrected chi connectivity index (χ2v) is 6.46. The summed E-state index contributed by atoms with van der Waals surface area (Å²) < 4.78 is 10.2. The number of hydrogen-bond acceptors (Lipinski definition) is 5. The molecule has 1 fully saturated rings. The van der Waals surface area contributed by atoms with Crippen molar-refractivity contribution in [3.05, 3.63) is 58.6 Å². The van der Waals surface area contributed by atoms with Crippen molar-refractivity contribution in [3.8, 4) is 5.75 Å². The number of esters is 1. The van der Waals surface area contributed by atoms with E-state index in [9.17, 15) is 14.4 Å². The molecule has 1 heterocycles. The highest BCUT2D eigenvalue weighted by atomic mass is 35.5. The molecule has 0 bridgehead atoms. The maximum Gasteiger partial charge on any atom is 0.338 e. The highest BCUT2D eigenvalue weighted by Crippen LogP contribution is 2.25. The molecule has 0 radical (unpaired) electrons. The Morgan fingerprint density at radius 2 is 1.96 bits per heavy atom. The van der Waals surface area contributed by atoms with Crippen LogP contribution < -0.4 is 9.64 Å². The summed E-state index contributed by atoms with van der Waals surface area (Å²) in [6, 6.07) is 11.2. The Hall–Kier alpha value is -2.86. The summed E-state index contributed by atoms with van der Waals surface area (Å²) in [5.41, 5.74) is 1.26. The SMILES string of the molecule is COc1ccc(C(=O)COC(=O)c2cccc(N3CCCC3=O)c2)cc1Cl. The van der Waals surface area contributed by atoms with Crippen molar-refractivity contribution >= 4 is 34.9 Å². The van der Waals surface area contributed by atoms with Gasteiger partial charge >= 0.3 is 5.97 Å². The van der Waals surface area contributed by atoms with Gasteiger partial charge < -0.3 is 14.4 Å². The summed E-state index contributed by atoms with van der Waals surface area (Å²) >= 11 is 6.01. The predicted octanol–water partition coefficient (Wildman–Crippen LogP) is 3.52. The number of nitrogens with zero attached hydrogens (tertiary/aromatic N) is 1. The quantitative estimate of drug-likeness (QED) is 0.560. The molecule has 27 heavy (non-hydrogen) atoms. The minimum atomic E-state index is -0.628. The number of anilines is 1. The zero-order chi connectivity index (χ0) is 19.4. The molecule has 0 aromatic heterocycles. The number of Topliss-reactive ketones (excluding diaryl/α,β-unsaturated/α-hetero) is 1. The van der Waals surface area contributed by atoms with Crippen molar-refractivity contribution in [2.45, 2.75) is 12.8 Å². The van der Waals surface area contributed by atoms with E-state index in [4.69, 9.17) is 21.1 Å². The van der Waals surface area contributed by atoms with Gasteiger partial charge in [0.2, 0.25) is 5.91 Å². The van der Waals surface area contributed by atoms with Gasteiger partial charge in [-0.1, -0.05) is 17.7 Å². The van der Waals surface area contributed by atoms with Crippen molar-refractivity contribution < 1.29 is 23.9 Å². The van der Waals surface area contributed by atoms with Gasteiger partial charge in [-0.15, -0.1) is 0 Å². The van der Waals surface area contributed by atoms with Gasteiger partial charge in [-0.25, -0.2) is 4.79 Å². The molecule has 1 aliphatic rings. The highest BCUT2D eigenvalue weighted by Gasteiger charge is 2.22. The molecule has 0 N–H and O–H groups in total. The highest BCUT2D eigenvalue weighted by molar-refractivity contribution is 6.32. The Morgan fingerprint density at radius 1 is 1.15 bits per heavy atom. The Morgan fingerprint density at radius 3 is 2.63 bits per heavy atom. The molecule has 140 valence electrons. The Bertz CT molecular complexity index is 896. The largest absolute Gasteiger partial charge is 0.495 e. The number of benzene rings is 2. The van der Waals surface area contributed by atoms with E-state index < -0.39 is 12.6 Å². The number of amides is 1. The van der Waals surface area contributed by atoms with E-state index in [0.717, 1.165) is 6.42 Å². The van der Waals surface area contributed by atoms with Crippen LogP contribution in [0.1, 0.15) is 33.6 Å². The van der Waals surface area contributed by atoms with E-state index >= 15 is 0 Å². The average molecular weight is 388 g/mol.